The Bertz CT molecular complexity index is 306. The summed E-state index contributed by atoms with van der Waals surface area (Å²) in [6.07, 6.45) is 6.44. The van der Waals surface area contributed by atoms with E-state index in [-0.39, 0.29) is 24.5 Å². The molecule has 0 aromatic rings. The molecule has 4 heteroatoms. The first-order valence-electron chi connectivity index (χ1n) is 5.16. The summed E-state index contributed by atoms with van der Waals surface area (Å²) in [5.74, 6) is 2.33. The van der Waals surface area contributed by atoms with Crippen LogP contribution >= 0.6 is 0 Å². The first-order chi connectivity index (χ1) is 7.11. The molecule has 0 aromatic heterocycles. The quantitative estimate of drug-likeness (QED) is 0.512. The minimum Gasteiger partial charge on any atom is -0.315 e. The zero-order chi connectivity index (χ0) is 11.4. The molecule has 15 heavy (non-hydrogen) atoms. The fraction of sp³-hybridized carbons (Fsp3) is 0.636. The molecule has 1 unspecified atom stereocenters. The number of terminal acetylenes is 1. The zero-order valence-electron chi connectivity index (χ0n) is 9.19. The van der Waals surface area contributed by atoms with Crippen LogP contribution in [-0.4, -0.2) is 40.9 Å². The Morgan fingerprint density at radius 2 is 2.20 bits per heavy atom. The van der Waals surface area contributed by atoms with Crippen molar-refractivity contribution in [2.24, 2.45) is 0 Å². The van der Waals surface area contributed by atoms with Crippen molar-refractivity contribution in [2.75, 3.05) is 13.1 Å². The van der Waals surface area contributed by atoms with E-state index < -0.39 is 0 Å². The Balaban J connectivity index is 2.71. The molecule has 1 saturated heterocycles. The van der Waals surface area contributed by atoms with Crippen LogP contribution in [0.5, 0.6) is 0 Å². The van der Waals surface area contributed by atoms with E-state index in [4.69, 9.17) is 6.42 Å². The monoisotopic (exact) mass is 208 g/mol. The van der Waals surface area contributed by atoms with Gasteiger partial charge in [-0.1, -0.05) is 6.92 Å². The van der Waals surface area contributed by atoms with Crippen LogP contribution in [0, 0.1) is 12.3 Å². The standard InChI is InChI=1S/C11H16N2O2/c1-4-6-9(3)13-10(14)8-12(7-5-2)11(13)15/h1,9H,5-8H2,2-3H3. The third-order valence-electron chi connectivity index (χ3n) is 2.42. The van der Waals surface area contributed by atoms with Crippen LogP contribution in [0.4, 0.5) is 4.79 Å². The first-order valence-corrected chi connectivity index (χ1v) is 5.16. The number of nitrogens with zero attached hydrogens (tertiary/aromatic N) is 2. The first kappa shape index (κ1) is 11.6. The molecule has 1 heterocycles. The van der Waals surface area contributed by atoms with Crippen LogP contribution < -0.4 is 0 Å². The predicted molar refractivity (Wildman–Crippen MR) is 57.0 cm³/mol. The van der Waals surface area contributed by atoms with Gasteiger partial charge in [-0.3, -0.25) is 9.69 Å². The number of rotatable bonds is 4. The molecule has 4 nitrogen and oxygen atoms in total. The zero-order valence-corrected chi connectivity index (χ0v) is 9.19. The van der Waals surface area contributed by atoms with Gasteiger partial charge in [0.25, 0.3) is 5.91 Å². The molecular formula is C11H16N2O2. The number of amides is 3. The molecule has 0 N–H and O–H groups in total. The van der Waals surface area contributed by atoms with Crippen molar-refractivity contribution in [3.63, 3.8) is 0 Å². The van der Waals surface area contributed by atoms with Crippen molar-refractivity contribution < 1.29 is 9.59 Å². The number of carbonyl (C=O) groups is 2. The van der Waals surface area contributed by atoms with Crippen molar-refractivity contribution in [3.8, 4) is 12.3 Å². The Morgan fingerprint density at radius 3 is 2.73 bits per heavy atom. The predicted octanol–water partition coefficient (Wildman–Crippen LogP) is 1.07. The lowest BCUT2D eigenvalue weighted by Gasteiger charge is -2.21. The van der Waals surface area contributed by atoms with Crippen LogP contribution in [0.3, 0.4) is 0 Å². The van der Waals surface area contributed by atoms with Crippen molar-refractivity contribution in [3.05, 3.63) is 0 Å². The van der Waals surface area contributed by atoms with Crippen LogP contribution in [-0.2, 0) is 4.79 Å². The van der Waals surface area contributed by atoms with E-state index in [1.54, 1.807) is 11.8 Å². The van der Waals surface area contributed by atoms with Crippen LogP contribution in [0.2, 0.25) is 0 Å². The summed E-state index contributed by atoms with van der Waals surface area (Å²) in [6.45, 7) is 4.60. The van der Waals surface area contributed by atoms with Gasteiger partial charge in [0, 0.05) is 19.0 Å². The Hall–Kier alpha value is -1.50. The molecule has 0 radical (unpaired) electrons. The lowest BCUT2D eigenvalue weighted by Crippen LogP contribution is -2.39. The van der Waals surface area contributed by atoms with Crippen molar-refractivity contribution >= 4 is 11.9 Å². The molecule has 1 aliphatic rings. The lowest BCUT2D eigenvalue weighted by atomic mass is 10.2. The normalized spacial score (nSPS) is 18.2. The van der Waals surface area contributed by atoms with E-state index in [1.165, 1.54) is 4.90 Å². The number of imide groups is 1. The van der Waals surface area contributed by atoms with E-state index in [1.807, 2.05) is 6.92 Å². The topological polar surface area (TPSA) is 40.6 Å². The number of carbonyl (C=O) groups excluding carboxylic acids is 2. The molecule has 0 saturated carbocycles. The molecule has 1 atom stereocenters. The second-order valence-electron chi connectivity index (χ2n) is 3.73. The number of urea groups is 1. The second-order valence-corrected chi connectivity index (χ2v) is 3.73. The van der Waals surface area contributed by atoms with Crippen molar-refractivity contribution in [1.82, 2.24) is 9.80 Å². The fourth-order valence-corrected chi connectivity index (χ4v) is 1.71. The highest BCUT2D eigenvalue weighted by Gasteiger charge is 2.37. The minimum absolute atomic E-state index is 0.142. The Labute approximate surface area is 90.2 Å². The number of hydrogen-bond acceptors (Lipinski definition) is 2. The molecule has 0 bridgehead atoms. The molecule has 3 amide bonds. The molecule has 0 aromatic carbocycles. The van der Waals surface area contributed by atoms with E-state index in [2.05, 4.69) is 5.92 Å². The maximum absolute atomic E-state index is 11.8. The third kappa shape index (κ3) is 2.30. The molecule has 1 aliphatic heterocycles. The molecular weight excluding hydrogens is 192 g/mol. The van der Waals surface area contributed by atoms with Gasteiger partial charge in [0.2, 0.25) is 0 Å². The van der Waals surface area contributed by atoms with Crippen LogP contribution in [0.15, 0.2) is 0 Å². The summed E-state index contributed by atoms with van der Waals surface area (Å²) in [5.41, 5.74) is 0. The summed E-state index contributed by atoms with van der Waals surface area (Å²) in [4.78, 5) is 26.2. The Kier molecular flexibility index (Phi) is 3.73. The van der Waals surface area contributed by atoms with Gasteiger partial charge in [0.05, 0.1) is 0 Å². The van der Waals surface area contributed by atoms with E-state index >= 15 is 0 Å². The maximum Gasteiger partial charge on any atom is 0.327 e. The summed E-state index contributed by atoms with van der Waals surface area (Å²) in [5, 5.41) is 0. The van der Waals surface area contributed by atoms with Crippen LogP contribution in [0.25, 0.3) is 0 Å². The summed E-state index contributed by atoms with van der Waals surface area (Å²) >= 11 is 0. The SMILES string of the molecule is C#CCC(C)N1C(=O)CN(CCC)C1=O. The van der Waals surface area contributed by atoms with Gasteiger partial charge in [0.15, 0.2) is 0 Å². The van der Waals surface area contributed by atoms with Crippen LogP contribution in [0.1, 0.15) is 26.7 Å². The average Bonchev–Trinajstić information content (AvgIpc) is 2.43. The van der Waals surface area contributed by atoms with E-state index in [0.29, 0.717) is 13.0 Å². The molecule has 82 valence electrons. The summed E-state index contributed by atoms with van der Waals surface area (Å²) < 4.78 is 0. The minimum atomic E-state index is -0.204. The van der Waals surface area contributed by atoms with Crippen molar-refractivity contribution in [1.29, 1.82) is 0 Å². The highest BCUT2D eigenvalue weighted by molar-refractivity contribution is 6.02. The van der Waals surface area contributed by atoms with Gasteiger partial charge in [-0.25, -0.2) is 4.79 Å². The van der Waals surface area contributed by atoms with E-state index in [0.717, 1.165) is 6.42 Å². The molecule has 1 fully saturated rings. The smallest absolute Gasteiger partial charge is 0.315 e. The highest BCUT2D eigenvalue weighted by Crippen LogP contribution is 2.15. The maximum atomic E-state index is 11.8. The molecule has 0 spiro atoms. The van der Waals surface area contributed by atoms with Gasteiger partial charge >= 0.3 is 6.03 Å². The van der Waals surface area contributed by atoms with E-state index in [9.17, 15) is 9.59 Å². The Morgan fingerprint density at radius 1 is 1.53 bits per heavy atom. The summed E-state index contributed by atoms with van der Waals surface area (Å²) in [7, 11) is 0. The second kappa shape index (κ2) is 4.83. The lowest BCUT2D eigenvalue weighted by molar-refractivity contribution is -0.126. The molecule has 1 rings (SSSR count). The summed E-state index contributed by atoms with van der Waals surface area (Å²) in [6, 6.07) is -0.401. The largest absolute Gasteiger partial charge is 0.327 e. The number of hydrogen-bond donors (Lipinski definition) is 0. The van der Waals surface area contributed by atoms with Crippen molar-refractivity contribution in [2.45, 2.75) is 32.7 Å². The molecule has 0 aliphatic carbocycles. The van der Waals surface area contributed by atoms with Gasteiger partial charge in [-0.05, 0) is 13.3 Å². The van der Waals surface area contributed by atoms with Gasteiger partial charge < -0.3 is 4.90 Å². The fourth-order valence-electron chi connectivity index (χ4n) is 1.71. The van der Waals surface area contributed by atoms with Gasteiger partial charge in [0.1, 0.15) is 6.54 Å². The third-order valence-corrected chi connectivity index (χ3v) is 2.42. The average molecular weight is 208 g/mol. The van der Waals surface area contributed by atoms with Gasteiger partial charge in [-0.15, -0.1) is 12.3 Å². The van der Waals surface area contributed by atoms with Gasteiger partial charge in [-0.2, -0.15) is 0 Å². The highest BCUT2D eigenvalue weighted by atomic mass is 16.2.